The van der Waals surface area contributed by atoms with Crippen molar-refractivity contribution in [1.29, 1.82) is 0 Å². The van der Waals surface area contributed by atoms with Crippen LogP contribution in [0.3, 0.4) is 0 Å². The fourth-order valence-electron chi connectivity index (χ4n) is 3.28. The second-order valence-electron chi connectivity index (χ2n) is 7.04. The second kappa shape index (κ2) is 12.4. The molecule has 1 fully saturated rings. The Kier molecular flexibility index (Phi) is 9.83. The van der Waals surface area contributed by atoms with Gasteiger partial charge in [-0.2, -0.15) is 0 Å². The summed E-state index contributed by atoms with van der Waals surface area (Å²) in [5.74, 6) is 0.109. The zero-order chi connectivity index (χ0) is 21.1. The highest BCUT2D eigenvalue weighted by Gasteiger charge is 2.22. The maximum Gasteiger partial charge on any atom is 0.316 e. The van der Waals surface area contributed by atoms with Crippen LogP contribution < -0.4 is 10.1 Å². The molecule has 8 heteroatoms. The lowest BCUT2D eigenvalue weighted by atomic mass is 9.94. The predicted octanol–water partition coefficient (Wildman–Crippen LogP) is 2.38. The fourth-order valence-corrected chi connectivity index (χ4v) is 4.01. The highest BCUT2D eigenvalue weighted by atomic mass is 32.2. The molecule has 0 spiro atoms. The molecule has 29 heavy (non-hydrogen) atoms. The molecule has 0 saturated heterocycles. The van der Waals surface area contributed by atoms with Crippen molar-refractivity contribution in [2.24, 2.45) is 0 Å². The topological polar surface area (TPSA) is 84.9 Å². The van der Waals surface area contributed by atoms with Gasteiger partial charge in [0.15, 0.2) is 6.61 Å². The smallest absolute Gasteiger partial charge is 0.316 e. The van der Waals surface area contributed by atoms with E-state index >= 15 is 0 Å². The summed E-state index contributed by atoms with van der Waals surface area (Å²) >= 11 is 1.21. The van der Waals surface area contributed by atoms with E-state index in [1.54, 1.807) is 7.11 Å². The molecule has 2 rings (SSSR count). The van der Waals surface area contributed by atoms with E-state index in [2.05, 4.69) is 5.32 Å². The number of amides is 2. The van der Waals surface area contributed by atoms with Crippen LogP contribution in [0.4, 0.5) is 0 Å². The number of hydrogen-bond acceptors (Lipinski definition) is 6. The Balaban J connectivity index is 1.60. The minimum Gasteiger partial charge on any atom is -0.496 e. The molecule has 0 atom stereocenters. The van der Waals surface area contributed by atoms with Gasteiger partial charge in [-0.25, -0.2) is 0 Å². The first-order chi connectivity index (χ1) is 14.0. The Bertz CT molecular complexity index is 691. The van der Waals surface area contributed by atoms with Crippen molar-refractivity contribution in [2.45, 2.75) is 44.7 Å². The first kappa shape index (κ1) is 23.1. The van der Waals surface area contributed by atoms with Crippen LogP contribution >= 0.6 is 11.8 Å². The zero-order valence-electron chi connectivity index (χ0n) is 17.1. The third kappa shape index (κ3) is 7.97. The number of benzene rings is 1. The van der Waals surface area contributed by atoms with Crippen molar-refractivity contribution < 1.29 is 23.9 Å². The highest BCUT2D eigenvalue weighted by Crippen LogP contribution is 2.22. The van der Waals surface area contributed by atoms with Crippen LogP contribution in [0.1, 0.15) is 37.7 Å². The number of hydrogen-bond donors (Lipinski definition) is 1. The van der Waals surface area contributed by atoms with Gasteiger partial charge in [-0.05, 0) is 18.9 Å². The van der Waals surface area contributed by atoms with Crippen molar-refractivity contribution in [3.8, 4) is 5.75 Å². The van der Waals surface area contributed by atoms with Gasteiger partial charge in [-0.15, -0.1) is 11.8 Å². The molecule has 0 unspecified atom stereocenters. The molecule has 1 N–H and O–H groups in total. The largest absolute Gasteiger partial charge is 0.496 e. The van der Waals surface area contributed by atoms with Gasteiger partial charge in [0, 0.05) is 25.2 Å². The molecule has 1 aliphatic rings. The van der Waals surface area contributed by atoms with Gasteiger partial charge in [0.1, 0.15) is 5.75 Å². The maximum absolute atomic E-state index is 12.2. The Morgan fingerprint density at radius 1 is 1.14 bits per heavy atom. The lowest BCUT2D eigenvalue weighted by Gasteiger charge is -2.31. The van der Waals surface area contributed by atoms with E-state index in [9.17, 15) is 14.4 Å². The average molecular weight is 423 g/mol. The van der Waals surface area contributed by atoms with Gasteiger partial charge in [0.25, 0.3) is 5.91 Å². The SMILES string of the molecule is COc1ccccc1CNC(=O)COC(=O)CSCC(=O)N(C)C1CCCCC1. The normalized spacial score (nSPS) is 14.1. The monoisotopic (exact) mass is 422 g/mol. The number of methoxy groups -OCH3 is 1. The second-order valence-corrected chi connectivity index (χ2v) is 8.02. The van der Waals surface area contributed by atoms with Gasteiger partial charge < -0.3 is 19.7 Å². The number of nitrogens with zero attached hydrogens (tertiary/aromatic N) is 1. The summed E-state index contributed by atoms with van der Waals surface area (Å²) in [4.78, 5) is 37.7. The average Bonchev–Trinajstić information content (AvgIpc) is 2.76. The lowest BCUT2D eigenvalue weighted by Crippen LogP contribution is -2.39. The van der Waals surface area contributed by atoms with Crippen molar-refractivity contribution in [3.63, 3.8) is 0 Å². The quantitative estimate of drug-likeness (QED) is 0.583. The number of nitrogens with one attached hydrogen (secondary N) is 1. The van der Waals surface area contributed by atoms with Crippen LogP contribution in [0.2, 0.25) is 0 Å². The van der Waals surface area contributed by atoms with E-state index in [0.29, 0.717) is 11.8 Å². The van der Waals surface area contributed by atoms with E-state index < -0.39 is 5.97 Å². The third-order valence-corrected chi connectivity index (χ3v) is 5.88. The molecular weight excluding hydrogens is 392 g/mol. The van der Waals surface area contributed by atoms with E-state index in [-0.39, 0.29) is 36.5 Å². The van der Waals surface area contributed by atoms with Crippen LogP contribution in [0.15, 0.2) is 24.3 Å². The standard InChI is InChI=1S/C21H30N2O5S/c1-23(17-9-4-3-5-10-17)20(25)14-29-15-21(26)28-13-19(24)22-12-16-8-6-7-11-18(16)27-2/h6-8,11,17H,3-5,9-10,12-15H2,1-2H3,(H,22,24). The molecule has 0 aromatic heterocycles. The number of para-hydroxylation sites is 1. The minimum absolute atomic E-state index is 0.0317. The van der Waals surface area contributed by atoms with Crippen LogP contribution in [-0.4, -0.2) is 61.0 Å². The van der Waals surface area contributed by atoms with E-state index in [4.69, 9.17) is 9.47 Å². The first-order valence-corrected chi connectivity index (χ1v) is 11.0. The Morgan fingerprint density at radius 3 is 2.59 bits per heavy atom. The molecule has 7 nitrogen and oxygen atoms in total. The lowest BCUT2D eigenvalue weighted by molar-refractivity contribution is -0.145. The molecular formula is C21H30N2O5S. The van der Waals surface area contributed by atoms with Crippen molar-refractivity contribution in [3.05, 3.63) is 29.8 Å². The molecule has 1 aromatic rings. The highest BCUT2D eigenvalue weighted by molar-refractivity contribution is 8.00. The summed E-state index contributed by atoms with van der Waals surface area (Å²) in [6.45, 7) is -0.0540. The predicted molar refractivity (Wildman–Crippen MR) is 113 cm³/mol. The molecule has 1 saturated carbocycles. The third-order valence-electron chi connectivity index (χ3n) is 4.99. The maximum atomic E-state index is 12.2. The molecule has 1 aromatic carbocycles. The Morgan fingerprint density at radius 2 is 1.86 bits per heavy atom. The van der Waals surface area contributed by atoms with Crippen LogP contribution in [0, 0.1) is 0 Å². The number of rotatable bonds is 10. The van der Waals surface area contributed by atoms with Crippen molar-refractivity contribution in [1.82, 2.24) is 10.2 Å². The summed E-state index contributed by atoms with van der Waals surface area (Å²) in [5.41, 5.74) is 0.839. The van der Waals surface area contributed by atoms with Crippen LogP contribution in [0.5, 0.6) is 5.75 Å². The van der Waals surface area contributed by atoms with E-state index in [0.717, 1.165) is 18.4 Å². The number of esters is 1. The Hall–Kier alpha value is -2.22. The summed E-state index contributed by atoms with van der Waals surface area (Å²) in [6, 6.07) is 7.68. The van der Waals surface area contributed by atoms with Crippen LogP contribution in [0.25, 0.3) is 0 Å². The fraction of sp³-hybridized carbons (Fsp3) is 0.571. The summed E-state index contributed by atoms with van der Waals surface area (Å²) in [7, 11) is 3.40. The van der Waals surface area contributed by atoms with Gasteiger partial charge in [0.2, 0.25) is 5.91 Å². The first-order valence-electron chi connectivity index (χ1n) is 9.89. The van der Waals surface area contributed by atoms with Crippen molar-refractivity contribution in [2.75, 3.05) is 32.3 Å². The number of thioether (sulfide) groups is 1. The minimum atomic E-state index is -0.504. The molecule has 1 aliphatic carbocycles. The zero-order valence-corrected chi connectivity index (χ0v) is 18.0. The molecule has 2 amide bonds. The van der Waals surface area contributed by atoms with Gasteiger partial charge >= 0.3 is 5.97 Å². The van der Waals surface area contributed by atoms with Crippen LogP contribution in [-0.2, 0) is 25.7 Å². The number of carbonyl (C=O) groups excluding carboxylic acids is 3. The van der Waals surface area contributed by atoms with Gasteiger partial charge in [-0.3, -0.25) is 14.4 Å². The Labute approximate surface area is 176 Å². The molecule has 0 bridgehead atoms. The summed E-state index contributed by atoms with van der Waals surface area (Å²) in [6.07, 6.45) is 5.69. The van der Waals surface area contributed by atoms with E-state index in [1.807, 2.05) is 36.2 Å². The molecule has 0 heterocycles. The van der Waals surface area contributed by atoms with Gasteiger partial charge in [-0.1, -0.05) is 37.5 Å². The summed E-state index contributed by atoms with van der Waals surface area (Å²) < 4.78 is 10.2. The molecule has 160 valence electrons. The molecule has 0 aliphatic heterocycles. The molecule has 0 radical (unpaired) electrons. The summed E-state index contributed by atoms with van der Waals surface area (Å²) in [5, 5.41) is 2.69. The number of carbonyl (C=O) groups is 3. The van der Waals surface area contributed by atoms with Gasteiger partial charge in [0.05, 0.1) is 18.6 Å². The number of ether oxygens (including phenoxy) is 2. The van der Waals surface area contributed by atoms with Crippen molar-refractivity contribution >= 4 is 29.5 Å². The van der Waals surface area contributed by atoms with E-state index in [1.165, 1.54) is 31.0 Å².